The molecule has 2 heterocycles. The minimum Gasteiger partial charge on any atom is -0.475 e. The molecular weight excluding hydrogens is 497 g/mol. The maximum absolute atomic E-state index is 13.0. The fraction of sp³-hybridized carbons (Fsp3) is 0.652. The summed E-state index contributed by atoms with van der Waals surface area (Å²) < 4.78 is 49.2. The normalized spacial score (nSPS) is 30.4. The zero-order valence-electron chi connectivity index (χ0n) is 20.1. The van der Waals surface area contributed by atoms with Crippen LogP contribution < -0.4 is 15.4 Å². The molecule has 202 valence electrons. The topological polar surface area (TPSA) is 155 Å². The highest BCUT2D eigenvalue weighted by atomic mass is 19.4. The number of aromatic nitrogens is 4. The van der Waals surface area contributed by atoms with Gasteiger partial charge in [0.15, 0.2) is 5.82 Å². The Morgan fingerprint density at radius 2 is 2.05 bits per heavy atom. The highest BCUT2D eigenvalue weighted by molar-refractivity contribution is 5.76. The van der Waals surface area contributed by atoms with Crippen molar-refractivity contribution in [2.45, 2.75) is 63.1 Å². The van der Waals surface area contributed by atoms with Gasteiger partial charge in [-0.2, -0.15) is 23.3 Å². The van der Waals surface area contributed by atoms with Crippen LogP contribution in [0.1, 0.15) is 37.2 Å². The Hall–Kier alpha value is -2.97. The molecule has 0 aromatic carbocycles. The van der Waals surface area contributed by atoms with Gasteiger partial charge in [0, 0.05) is 29.8 Å². The summed E-state index contributed by atoms with van der Waals surface area (Å²) in [5.41, 5.74) is -0.609. The summed E-state index contributed by atoms with van der Waals surface area (Å²) in [5.74, 6) is -1.04. The van der Waals surface area contributed by atoms with Crippen LogP contribution in [0, 0.1) is 24.7 Å². The lowest BCUT2D eigenvalue weighted by atomic mass is 9.51. The minimum absolute atomic E-state index is 0.0155. The first kappa shape index (κ1) is 25.7. The number of carbonyl (C=O) groups is 1. The highest BCUT2D eigenvalue weighted by Crippen LogP contribution is 2.57. The minimum atomic E-state index is -5.13. The van der Waals surface area contributed by atoms with Gasteiger partial charge >= 0.3 is 12.1 Å². The Labute approximate surface area is 210 Å². The molecule has 4 saturated carbocycles. The first-order valence-electron chi connectivity index (χ1n) is 12.2. The monoisotopic (exact) mass is 526 g/mol. The fourth-order valence-electron chi connectivity index (χ4n) is 6.27. The molecule has 0 radical (unpaired) electrons. The summed E-state index contributed by atoms with van der Waals surface area (Å²) >= 11 is 0. The van der Waals surface area contributed by atoms with Crippen molar-refractivity contribution in [3.8, 4) is 5.88 Å². The van der Waals surface area contributed by atoms with Crippen LogP contribution in [0.5, 0.6) is 5.88 Å². The molecule has 0 aliphatic heterocycles. The van der Waals surface area contributed by atoms with Crippen molar-refractivity contribution < 1.29 is 37.7 Å². The predicted molar refractivity (Wildman–Crippen MR) is 122 cm³/mol. The molecule has 6 atom stereocenters. The first-order valence-corrected chi connectivity index (χ1v) is 12.2. The SMILES string of the molecule is Cc1cc(Nc2cc(OCCO)nc(CNC3C4CC5CC3C(OC(=O)C(F)(F)F)C(O)(C5)C4)n2)n[nH]1. The van der Waals surface area contributed by atoms with Gasteiger partial charge in [-0.15, -0.1) is 0 Å². The van der Waals surface area contributed by atoms with Gasteiger partial charge in [-0.25, -0.2) is 9.78 Å². The number of hydrogen-bond donors (Lipinski definition) is 5. The van der Waals surface area contributed by atoms with Crippen LogP contribution in [-0.4, -0.2) is 73.5 Å². The first-order chi connectivity index (χ1) is 17.5. The van der Waals surface area contributed by atoms with E-state index in [0.29, 0.717) is 30.3 Å². The molecular formula is C23H29F3N6O5. The second-order valence-corrected chi connectivity index (χ2v) is 10.1. The zero-order valence-corrected chi connectivity index (χ0v) is 20.1. The van der Waals surface area contributed by atoms with Crippen molar-refractivity contribution in [1.82, 2.24) is 25.5 Å². The maximum Gasteiger partial charge on any atom is 0.490 e. The average Bonchev–Trinajstić information content (AvgIpc) is 3.22. The van der Waals surface area contributed by atoms with Gasteiger partial charge in [-0.05, 0) is 44.4 Å². The molecule has 0 spiro atoms. The van der Waals surface area contributed by atoms with Crippen LogP contribution in [0.25, 0.3) is 0 Å². The zero-order chi connectivity index (χ0) is 26.4. The van der Waals surface area contributed by atoms with Crippen LogP contribution in [-0.2, 0) is 16.1 Å². The molecule has 4 bridgehead atoms. The van der Waals surface area contributed by atoms with E-state index in [0.717, 1.165) is 12.1 Å². The van der Waals surface area contributed by atoms with E-state index >= 15 is 0 Å². The number of aryl methyl sites for hydroxylation is 1. The molecule has 6 unspecified atom stereocenters. The van der Waals surface area contributed by atoms with Gasteiger partial charge in [0.2, 0.25) is 5.88 Å². The van der Waals surface area contributed by atoms with Gasteiger partial charge in [0.05, 0.1) is 13.2 Å². The summed E-state index contributed by atoms with van der Waals surface area (Å²) in [5, 5.41) is 33.6. The number of carbonyl (C=O) groups excluding carboxylic acids is 1. The number of H-pyrrole nitrogens is 1. The number of aromatic amines is 1. The number of hydrogen-bond acceptors (Lipinski definition) is 10. The second kappa shape index (κ2) is 9.72. The number of nitrogens with one attached hydrogen (secondary N) is 3. The number of halogens is 3. The Balaban J connectivity index is 1.33. The molecule has 0 amide bonds. The van der Waals surface area contributed by atoms with E-state index < -0.39 is 29.8 Å². The third kappa shape index (κ3) is 5.36. The van der Waals surface area contributed by atoms with Crippen molar-refractivity contribution in [3.05, 3.63) is 23.7 Å². The van der Waals surface area contributed by atoms with Gasteiger partial charge < -0.3 is 30.3 Å². The summed E-state index contributed by atoms with van der Waals surface area (Å²) in [4.78, 5) is 20.5. The second-order valence-electron chi connectivity index (χ2n) is 10.1. The van der Waals surface area contributed by atoms with E-state index in [2.05, 4.69) is 30.8 Å². The number of rotatable bonds is 9. The summed E-state index contributed by atoms with van der Waals surface area (Å²) in [6.45, 7) is 1.84. The van der Waals surface area contributed by atoms with E-state index in [9.17, 15) is 23.1 Å². The lowest BCUT2D eigenvalue weighted by molar-refractivity contribution is -0.252. The number of esters is 1. The van der Waals surface area contributed by atoms with Gasteiger partial charge in [-0.1, -0.05) is 0 Å². The van der Waals surface area contributed by atoms with Crippen molar-refractivity contribution in [3.63, 3.8) is 0 Å². The average molecular weight is 527 g/mol. The molecule has 11 nitrogen and oxygen atoms in total. The van der Waals surface area contributed by atoms with Gasteiger partial charge in [0.1, 0.15) is 30.0 Å². The van der Waals surface area contributed by atoms with Crippen molar-refractivity contribution in [2.24, 2.45) is 17.8 Å². The molecule has 4 fully saturated rings. The van der Waals surface area contributed by atoms with E-state index in [1.54, 1.807) is 12.1 Å². The van der Waals surface area contributed by atoms with Gasteiger partial charge in [-0.3, -0.25) is 5.10 Å². The summed E-state index contributed by atoms with van der Waals surface area (Å²) in [6, 6.07) is 3.06. The number of ether oxygens (including phenoxy) is 2. The molecule has 2 aromatic rings. The van der Waals surface area contributed by atoms with Crippen LogP contribution in [0.15, 0.2) is 12.1 Å². The molecule has 5 N–H and O–H groups in total. The number of aliphatic hydroxyl groups excluding tert-OH is 1. The molecule has 2 aromatic heterocycles. The Bertz CT molecular complexity index is 1150. The lowest BCUT2D eigenvalue weighted by Gasteiger charge is -2.61. The molecule has 6 rings (SSSR count). The Kier molecular flexibility index (Phi) is 6.75. The quantitative estimate of drug-likeness (QED) is 0.305. The van der Waals surface area contributed by atoms with Crippen LogP contribution in [0.4, 0.5) is 24.8 Å². The lowest BCUT2D eigenvalue weighted by Crippen LogP contribution is -2.69. The molecule has 4 aliphatic rings. The van der Waals surface area contributed by atoms with Crippen molar-refractivity contribution in [2.75, 3.05) is 18.5 Å². The largest absolute Gasteiger partial charge is 0.490 e. The molecule has 37 heavy (non-hydrogen) atoms. The summed E-state index contributed by atoms with van der Waals surface area (Å²) in [6.07, 6.45) is -4.41. The number of alkyl halides is 3. The third-order valence-corrected chi connectivity index (χ3v) is 7.40. The number of nitrogens with zero attached hydrogens (tertiary/aromatic N) is 3. The van der Waals surface area contributed by atoms with Gasteiger partial charge in [0.25, 0.3) is 0 Å². The standard InChI is InChI=1S/C23H29F3N6O5/c1-11-4-16(32-31-11)28-15-7-18(36-3-2-33)30-17(29-15)10-27-19-13-5-12-6-14(19)20(22(35,8-12)9-13)37-21(34)23(24,25)26/h4,7,12-14,19-20,27,33,35H,2-3,5-6,8-10H2,1H3,(H2,28,29,30,31,32). The van der Waals surface area contributed by atoms with Crippen LogP contribution in [0.2, 0.25) is 0 Å². The van der Waals surface area contributed by atoms with Crippen molar-refractivity contribution in [1.29, 1.82) is 0 Å². The van der Waals surface area contributed by atoms with E-state index in [1.165, 1.54) is 0 Å². The highest BCUT2D eigenvalue weighted by Gasteiger charge is 2.63. The van der Waals surface area contributed by atoms with Crippen LogP contribution in [0.3, 0.4) is 0 Å². The third-order valence-electron chi connectivity index (χ3n) is 7.40. The summed E-state index contributed by atoms with van der Waals surface area (Å²) in [7, 11) is 0. The van der Waals surface area contributed by atoms with Crippen LogP contribution >= 0.6 is 0 Å². The Morgan fingerprint density at radius 3 is 2.76 bits per heavy atom. The Morgan fingerprint density at radius 1 is 1.24 bits per heavy atom. The van der Waals surface area contributed by atoms with E-state index in [1.807, 2.05) is 6.92 Å². The molecule has 4 aliphatic carbocycles. The fourth-order valence-corrected chi connectivity index (χ4v) is 6.27. The number of aliphatic hydroxyl groups is 2. The number of anilines is 2. The smallest absolute Gasteiger partial charge is 0.475 e. The van der Waals surface area contributed by atoms with E-state index in [4.69, 9.17) is 14.6 Å². The maximum atomic E-state index is 13.0. The predicted octanol–water partition coefficient (Wildman–Crippen LogP) is 1.74. The molecule has 14 heteroatoms. The van der Waals surface area contributed by atoms with Crippen molar-refractivity contribution >= 4 is 17.6 Å². The van der Waals surface area contributed by atoms with E-state index in [-0.39, 0.29) is 49.9 Å². The molecule has 0 saturated heterocycles.